The Morgan fingerprint density at radius 2 is 1.89 bits per heavy atom. The molecule has 2 aliphatic heterocycles. The second kappa shape index (κ2) is 12.1. The zero-order valence-corrected chi connectivity index (χ0v) is 24.5. The maximum Gasteiger partial charge on any atom is 0.316 e. The van der Waals surface area contributed by atoms with Gasteiger partial charge in [0.05, 0.1) is 11.9 Å². The minimum Gasteiger partial charge on any atom is -0.481 e. The van der Waals surface area contributed by atoms with Crippen LogP contribution in [0.1, 0.15) is 65.9 Å². The van der Waals surface area contributed by atoms with Crippen molar-refractivity contribution in [3.8, 4) is 5.75 Å². The molecule has 4 heterocycles. The van der Waals surface area contributed by atoms with E-state index in [-0.39, 0.29) is 43.1 Å². The normalized spacial score (nSPS) is 18.4. The van der Waals surface area contributed by atoms with Gasteiger partial charge in [-0.05, 0) is 25.0 Å². The molecular formula is C26H25F4N5O7S2. The average molecular weight is 660 g/mol. The second-order valence-electron chi connectivity index (χ2n) is 10.2. The molecule has 2 aromatic heterocycles. The number of rotatable bonds is 10. The molecule has 1 saturated heterocycles. The van der Waals surface area contributed by atoms with Crippen molar-refractivity contribution in [1.29, 1.82) is 0 Å². The molecule has 236 valence electrons. The van der Waals surface area contributed by atoms with Gasteiger partial charge in [0.2, 0.25) is 5.91 Å². The van der Waals surface area contributed by atoms with Gasteiger partial charge in [0.1, 0.15) is 39.8 Å². The number of aliphatic carboxylic acids is 1. The smallest absolute Gasteiger partial charge is 0.316 e. The molecule has 0 radical (unpaired) electrons. The number of amides is 1. The number of carboxylic acid groups (broad SMARTS) is 1. The maximum absolute atomic E-state index is 13.3. The van der Waals surface area contributed by atoms with E-state index in [9.17, 15) is 40.7 Å². The number of alkyl halides is 4. The molecule has 5 rings (SSSR count). The lowest BCUT2D eigenvalue weighted by Crippen LogP contribution is -2.49. The quantitative estimate of drug-likeness (QED) is 0.251. The number of piperidine rings is 1. The molecule has 0 spiro atoms. The lowest BCUT2D eigenvalue weighted by Gasteiger charge is -2.37. The number of halogens is 4. The molecule has 12 nitrogen and oxygen atoms in total. The van der Waals surface area contributed by atoms with Crippen molar-refractivity contribution < 1.29 is 49.7 Å². The summed E-state index contributed by atoms with van der Waals surface area (Å²) in [7, 11) is -3.80. The highest BCUT2D eigenvalue weighted by molar-refractivity contribution is 7.86. The molecule has 0 saturated carbocycles. The van der Waals surface area contributed by atoms with Gasteiger partial charge in [-0.1, -0.05) is 23.4 Å². The standard InChI is InChI=1S/C26H25F4N5O7S2/c1-44(39,40)42-19-5-3-2-4-14(19)20-11-15(33-41-20)17-13-43-24(31-17)26(25(37)38)6-8-34(9-7-26)21(36)12-35-18(23(29)30)10-16(32-35)22(27)28/h2-5,10,13,20,22-23H,6-9,11-12H2,1H3,(H,37,38). The number of oxime groups is 1. The first-order valence-electron chi connectivity index (χ1n) is 13.1. The number of carbonyl (C=O) groups excluding carboxylic acids is 1. The van der Waals surface area contributed by atoms with E-state index in [1.807, 2.05) is 0 Å². The molecule has 1 aromatic carbocycles. The molecule has 2 aliphatic rings. The van der Waals surface area contributed by atoms with Gasteiger partial charge in [-0.25, -0.2) is 22.5 Å². The van der Waals surface area contributed by atoms with Crippen molar-refractivity contribution in [2.75, 3.05) is 19.3 Å². The highest BCUT2D eigenvalue weighted by Crippen LogP contribution is 2.40. The fourth-order valence-electron chi connectivity index (χ4n) is 5.05. The number of benzene rings is 1. The van der Waals surface area contributed by atoms with Crippen LogP contribution in [0.15, 0.2) is 40.9 Å². The predicted molar refractivity (Wildman–Crippen MR) is 146 cm³/mol. The minimum absolute atomic E-state index is 0.0358. The van der Waals surface area contributed by atoms with Crippen LogP contribution in [0, 0.1) is 0 Å². The fourth-order valence-corrected chi connectivity index (χ4v) is 6.61. The SMILES string of the molecule is CS(=O)(=O)Oc1ccccc1C1CC(c2csc(C3(C(=O)O)CCN(C(=O)Cn4nc(C(F)F)cc4C(F)F)CC3)n2)=NO1. The number of nitrogens with zero attached hydrogens (tertiary/aromatic N) is 5. The summed E-state index contributed by atoms with van der Waals surface area (Å²) in [5.74, 6) is -1.74. The van der Waals surface area contributed by atoms with Crippen LogP contribution in [0.3, 0.4) is 0 Å². The molecule has 1 unspecified atom stereocenters. The molecule has 1 amide bonds. The van der Waals surface area contributed by atoms with Crippen LogP contribution in [0.4, 0.5) is 17.6 Å². The van der Waals surface area contributed by atoms with Gasteiger partial charge in [0.25, 0.3) is 12.9 Å². The Morgan fingerprint density at radius 3 is 2.52 bits per heavy atom. The third-order valence-corrected chi connectivity index (χ3v) is 8.86. The number of aromatic nitrogens is 3. The largest absolute Gasteiger partial charge is 0.481 e. The van der Waals surface area contributed by atoms with Crippen LogP contribution in [-0.2, 0) is 36.5 Å². The number of para-hydroxylation sites is 1. The van der Waals surface area contributed by atoms with Gasteiger partial charge in [-0.2, -0.15) is 13.5 Å². The van der Waals surface area contributed by atoms with Crippen LogP contribution >= 0.6 is 11.3 Å². The van der Waals surface area contributed by atoms with E-state index in [1.54, 1.807) is 23.6 Å². The summed E-state index contributed by atoms with van der Waals surface area (Å²) >= 11 is 1.10. The monoisotopic (exact) mass is 659 g/mol. The second-order valence-corrected chi connectivity index (χ2v) is 12.7. The lowest BCUT2D eigenvalue weighted by atomic mass is 9.79. The molecular weight excluding hydrogens is 634 g/mol. The third-order valence-electron chi connectivity index (χ3n) is 7.33. The number of hydrogen-bond acceptors (Lipinski definition) is 10. The van der Waals surface area contributed by atoms with E-state index in [1.165, 1.54) is 11.0 Å². The number of carboxylic acids is 1. The van der Waals surface area contributed by atoms with E-state index in [0.717, 1.165) is 17.6 Å². The summed E-state index contributed by atoms with van der Waals surface area (Å²) in [5, 5.41) is 19.6. The van der Waals surface area contributed by atoms with Gasteiger partial charge in [-0.15, -0.1) is 11.3 Å². The molecule has 1 atom stereocenters. The Kier molecular flexibility index (Phi) is 8.66. The number of thiazole rings is 1. The predicted octanol–water partition coefficient (Wildman–Crippen LogP) is 4.06. The van der Waals surface area contributed by atoms with Crippen LogP contribution in [0.25, 0.3) is 0 Å². The summed E-state index contributed by atoms with van der Waals surface area (Å²) in [6.07, 6.45) is -5.83. The highest BCUT2D eigenvalue weighted by Gasteiger charge is 2.47. The van der Waals surface area contributed by atoms with Crippen LogP contribution in [0.2, 0.25) is 0 Å². The van der Waals surface area contributed by atoms with E-state index in [4.69, 9.17) is 9.02 Å². The van der Waals surface area contributed by atoms with Gasteiger partial charge >= 0.3 is 16.1 Å². The van der Waals surface area contributed by atoms with E-state index < -0.39 is 64.3 Å². The van der Waals surface area contributed by atoms with Gasteiger partial charge in [0.15, 0.2) is 6.10 Å². The van der Waals surface area contributed by atoms with Crippen molar-refractivity contribution in [2.24, 2.45) is 5.16 Å². The van der Waals surface area contributed by atoms with Crippen molar-refractivity contribution >= 4 is 39.0 Å². The summed E-state index contributed by atoms with van der Waals surface area (Å²) in [6, 6.07) is 6.98. The lowest BCUT2D eigenvalue weighted by molar-refractivity contribution is -0.148. The molecule has 0 bridgehead atoms. The topological polar surface area (TPSA) is 153 Å². The van der Waals surface area contributed by atoms with Gasteiger partial charge in [0, 0.05) is 30.5 Å². The first kappa shape index (κ1) is 31.4. The Morgan fingerprint density at radius 1 is 1.18 bits per heavy atom. The van der Waals surface area contributed by atoms with Crippen molar-refractivity contribution in [3.05, 3.63) is 63.4 Å². The summed E-state index contributed by atoms with van der Waals surface area (Å²) in [4.78, 5) is 36.7. The number of hydrogen-bond donors (Lipinski definition) is 1. The van der Waals surface area contributed by atoms with Crippen molar-refractivity contribution in [3.63, 3.8) is 0 Å². The number of carbonyl (C=O) groups is 2. The maximum atomic E-state index is 13.3. The van der Waals surface area contributed by atoms with E-state index in [0.29, 0.717) is 27.7 Å². The Labute approximate surface area is 252 Å². The van der Waals surface area contributed by atoms with Crippen molar-refractivity contribution in [2.45, 2.75) is 50.2 Å². The molecule has 3 aromatic rings. The van der Waals surface area contributed by atoms with Crippen LogP contribution in [-0.4, -0.2) is 70.1 Å². The van der Waals surface area contributed by atoms with E-state index >= 15 is 0 Å². The van der Waals surface area contributed by atoms with Gasteiger partial charge in [-0.3, -0.25) is 14.3 Å². The first-order valence-corrected chi connectivity index (χ1v) is 15.8. The molecule has 1 fully saturated rings. The molecule has 44 heavy (non-hydrogen) atoms. The summed E-state index contributed by atoms with van der Waals surface area (Å²) in [5.41, 5.74) is -1.89. The van der Waals surface area contributed by atoms with E-state index in [2.05, 4.69) is 15.2 Å². The van der Waals surface area contributed by atoms with Crippen molar-refractivity contribution in [1.82, 2.24) is 19.7 Å². The fraction of sp³-hybridized carbons (Fsp3) is 0.423. The zero-order chi connectivity index (χ0) is 31.8. The summed E-state index contributed by atoms with van der Waals surface area (Å²) in [6.45, 7) is -0.792. The Bertz CT molecular complexity index is 1700. The van der Waals surface area contributed by atoms with Gasteiger partial charge < -0.3 is 19.0 Å². The minimum atomic E-state index is -3.80. The number of likely N-dealkylation sites (tertiary alicyclic amines) is 1. The highest BCUT2D eigenvalue weighted by atomic mass is 32.2. The average Bonchev–Trinajstić information content (AvgIpc) is 3.72. The Hall–Kier alpha value is -4.06. The molecule has 18 heteroatoms. The third kappa shape index (κ3) is 6.40. The zero-order valence-electron chi connectivity index (χ0n) is 22.9. The van der Waals surface area contributed by atoms with Crippen LogP contribution < -0.4 is 4.18 Å². The molecule has 0 aliphatic carbocycles. The Balaban J connectivity index is 1.27. The first-order chi connectivity index (χ1) is 20.8. The molecule has 1 N–H and O–H groups in total. The van der Waals surface area contributed by atoms with Crippen LogP contribution in [0.5, 0.6) is 5.75 Å². The summed E-state index contributed by atoms with van der Waals surface area (Å²) < 4.78 is 81.6.